The van der Waals surface area contributed by atoms with Gasteiger partial charge in [-0.25, -0.2) is 0 Å². The van der Waals surface area contributed by atoms with Crippen LogP contribution in [0.3, 0.4) is 0 Å². The molecule has 8 heteroatoms. The second kappa shape index (κ2) is 9.73. The number of thioether (sulfide) groups is 1. The van der Waals surface area contributed by atoms with E-state index in [1.165, 1.54) is 4.90 Å². The van der Waals surface area contributed by atoms with Gasteiger partial charge in [-0.1, -0.05) is 42.1 Å². The summed E-state index contributed by atoms with van der Waals surface area (Å²) in [4.78, 5) is 50.7. The van der Waals surface area contributed by atoms with Gasteiger partial charge in [0.05, 0.1) is 18.6 Å². The van der Waals surface area contributed by atoms with Gasteiger partial charge in [0.2, 0.25) is 16.9 Å². The van der Waals surface area contributed by atoms with Gasteiger partial charge in [0.15, 0.2) is 0 Å². The highest BCUT2D eigenvalue weighted by Gasteiger charge is 2.41. The third kappa shape index (κ3) is 6.09. The number of ether oxygens (including phenoxy) is 1. The first-order valence-electron chi connectivity index (χ1n) is 9.23. The van der Waals surface area contributed by atoms with Gasteiger partial charge in [0, 0.05) is 24.3 Å². The molecule has 0 aromatic heterocycles. The van der Waals surface area contributed by atoms with Crippen molar-refractivity contribution >= 4 is 34.7 Å². The Morgan fingerprint density at radius 1 is 1.25 bits per heavy atom. The smallest absolute Gasteiger partial charge is 0.308 e. The van der Waals surface area contributed by atoms with Crippen LogP contribution in [0.25, 0.3) is 0 Å². The Hall–Kier alpha value is -2.35. The van der Waals surface area contributed by atoms with Crippen LogP contribution in [0.5, 0.6) is 0 Å². The molecule has 1 fully saturated rings. The molecule has 0 spiro atoms. The molecule has 2 amide bonds. The zero-order valence-electron chi connectivity index (χ0n) is 16.4. The summed E-state index contributed by atoms with van der Waals surface area (Å²) in [6.45, 7) is 5.83. The molecule has 1 unspecified atom stereocenters. The summed E-state index contributed by atoms with van der Waals surface area (Å²) in [5, 5.41) is 2.73. The molecule has 1 aromatic rings. The molecular weight excluding hydrogens is 380 g/mol. The Labute approximate surface area is 169 Å². The number of benzene rings is 1. The van der Waals surface area contributed by atoms with Gasteiger partial charge >= 0.3 is 5.97 Å². The van der Waals surface area contributed by atoms with E-state index in [4.69, 9.17) is 4.74 Å². The minimum atomic E-state index is -0.894. The normalized spacial score (nSPS) is 18.3. The van der Waals surface area contributed by atoms with Crippen LogP contribution in [-0.2, 0) is 19.1 Å². The van der Waals surface area contributed by atoms with Crippen molar-refractivity contribution in [3.05, 3.63) is 35.9 Å². The summed E-state index contributed by atoms with van der Waals surface area (Å²) in [7, 11) is 0. The number of piperazine rings is 1. The number of carbonyl (C=O) groups is 4. The Morgan fingerprint density at radius 2 is 1.93 bits per heavy atom. The van der Waals surface area contributed by atoms with Gasteiger partial charge < -0.3 is 15.0 Å². The Balaban J connectivity index is 1.99. The third-order valence-corrected chi connectivity index (χ3v) is 5.16. The molecule has 1 N–H and O–H groups in total. The van der Waals surface area contributed by atoms with Gasteiger partial charge in [0.1, 0.15) is 6.04 Å². The predicted molar refractivity (Wildman–Crippen MR) is 107 cm³/mol. The molecule has 152 valence electrons. The van der Waals surface area contributed by atoms with Gasteiger partial charge in [-0.15, -0.1) is 0 Å². The second-order valence-electron chi connectivity index (χ2n) is 7.17. The summed E-state index contributed by atoms with van der Waals surface area (Å²) in [5.74, 6) is -0.845. The van der Waals surface area contributed by atoms with Gasteiger partial charge in [-0.2, -0.15) is 0 Å². The summed E-state index contributed by atoms with van der Waals surface area (Å²) < 4.78 is 4.93. The van der Waals surface area contributed by atoms with E-state index in [-0.39, 0.29) is 36.4 Å². The van der Waals surface area contributed by atoms with Crippen LogP contribution < -0.4 is 5.32 Å². The monoisotopic (exact) mass is 406 g/mol. The highest BCUT2D eigenvalue weighted by atomic mass is 32.2. The molecule has 1 aliphatic heterocycles. The van der Waals surface area contributed by atoms with Crippen molar-refractivity contribution in [2.75, 3.05) is 18.9 Å². The minimum Gasteiger partial charge on any atom is -0.466 e. The maximum absolute atomic E-state index is 12.8. The summed E-state index contributed by atoms with van der Waals surface area (Å²) >= 11 is 1.07. The molecule has 0 saturated carbocycles. The molecule has 1 saturated heterocycles. The Bertz CT molecular complexity index is 735. The maximum atomic E-state index is 12.8. The van der Waals surface area contributed by atoms with E-state index in [0.29, 0.717) is 17.9 Å². The van der Waals surface area contributed by atoms with Crippen molar-refractivity contribution in [3.8, 4) is 0 Å². The second-order valence-corrected chi connectivity index (χ2v) is 8.24. The first-order chi connectivity index (χ1) is 13.2. The van der Waals surface area contributed by atoms with Crippen LogP contribution in [0.15, 0.2) is 30.3 Å². The standard InChI is InChI=1S/C20H26N2O5S/c1-4-27-17(24)12-15-18(25)21-20(2,3)13-22(15)16(23)10-11-28-19(26)14-8-6-5-7-9-14/h5-9,15H,4,10-13H2,1-3H3,(H,21,25). The number of nitrogens with zero attached hydrogens (tertiary/aromatic N) is 1. The third-order valence-electron chi connectivity index (χ3n) is 4.25. The zero-order chi connectivity index (χ0) is 20.7. The number of esters is 1. The van der Waals surface area contributed by atoms with Gasteiger partial charge in [-0.05, 0) is 20.8 Å². The lowest BCUT2D eigenvalue weighted by molar-refractivity contribution is -0.153. The molecule has 1 atom stereocenters. The van der Waals surface area contributed by atoms with Gasteiger partial charge in [-0.3, -0.25) is 19.2 Å². The lowest BCUT2D eigenvalue weighted by Gasteiger charge is -2.43. The van der Waals surface area contributed by atoms with Crippen molar-refractivity contribution in [2.45, 2.75) is 45.2 Å². The Morgan fingerprint density at radius 3 is 2.57 bits per heavy atom. The molecule has 7 nitrogen and oxygen atoms in total. The topological polar surface area (TPSA) is 92.8 Å². The molecule has 2 rings (SSSR count). The summed E-state index contributed by atoms with van der Waals surface area (Å²) in [6.07, 6.45) is -0.0799. The summed E-state index contributed by atoms with van der Waals surface area (Å²) in [6, 6.07) is 7.96. The molecule has 1 aliphatic rings. The molecule has 0 radical (unpaired) electrons. The predicted octanol–water partition coefficient (Wildman–Crippen LogP) is 2.01. The van der Waals surface area contributed by atoms with Crippen molar-refractivity contribution in [3.63, 3.8) is 0 Å². The zero-order valence-corrected chi connectivity index (χ0v) is 17.2. The molecule has 1 aromatic carbocycles. The number of hydrogen-bond donors (Lipinski definition) is 1. The molecule has 1 heterocycles. The largest absolute Gasteiger partial charge is 0.466 e. The van der Waals surface area contributed by atoms with Crippen LogP contribution in [0.2, 0.25) is 0 Å². The number of hydrogen-bond acceptors (Lipinski definition) is 6. The first-order valence-corrected chi connectivity index (χ1v) is 10.2. The Kier molecular flexibility index (Phi) is 7.62. The fraction of sp³-hybridized carbons (Fsp3) is 0.500. The quantitative estimate of drug-likeness (QED) is 0.697. The van der Waals surface area contributed by atoms with Crippen molar-refractivity contribution < 1.29 is 23.9 Å². The van der Waals surface area contributed by atoms with E-state index in [2.05, 4.69) is 5.32 Å². The van der Waals surface area contributed by atoms with Crippen LogP contribution in [0, 0.1) is 0 Å². The number of nitrogens with one attached hydrogen (secondary N) is 1. The number of amides is 2. The SMILES string of the molecule is CCOC(=O)CC1C(=O)NC(C)(C)CN1C(=O)CCSC(=O)c1ccccc1. The molecule has 0 bridgehead atoms. The lowest BCUT2D eigenvalue weighted by atomic mass is 9.96. The van der Waals surface area contributed by atoms with E-state index < -0.39 is 17.6 Å². The minimum absolute atomic E-state index is 0.103. The fourth-order valence-electron chi connectivity index (χ4n) is 3.01. The average Bonchev–Trinajstić information content (AvgIpc) is 2.64. The van der Waals surface area contributed by atoms with Crippen molar-refractivity contribution in [2.24, 2.45) is 0 Å². The first kappa shape index (κ1) is 21.9. The van der Waals surface area contributed by atoms with Crippen LogP contribution in [-0.4, -0.2) is 58.3 Å². The number of carbonyl (C=O) groups excluding carboxylic acids is 4. The van der Waals surface area contributed by atoms with Crippen molar-refractivity contribution in [1.82, 2.24) is 10.2 Å². The van der Waals surface area contributed by atoms with Crippen molar-refractivity contribution in [1.29, 1.82) is 0 Å². The fourth-order valence-corrected chi connectivity index (χ4v) is 3.77. The molecule has 0 aliphatic carbocycles. The van der Waals surface area contributed by atoms with E-state index in [1.807, 2.05) is 19.9 Å². The van der Waals surface area contributed by atoms with Gasteiger partial charge in [0.25, 0.3) is 0 Å². The summed E-state index contributed by atoms with van der Waals surface area (Å²) in [5.41, 5.74) is -0.0103. The van der Waals surface area contributed by atoms with E-state index in [0.717, 1.165) is 11.8 Å². The van der Waals surface area contributed by atoms with E-state index in [9.17, 15) is 19.2 Å². The highest BCUT2D eigenvalue weighted by molar-refractivity contribution is 8.14. The van der Waals surface area contributed by atoms with Crippen LogP contribution in [0.4, 0.5) is 0 Å². The lowest BCUT2D eigenvalue weighted by Crippen LogP contribution is -2.66. The van der Waals surface area contributed by atoms with Crippen LogP contribution >= 0.6 is 11.8 Å². The highest BCUT2D eigenvalue weighted by Crippen LogP contribution is 2.21. The molecular formula is C20H26N2O5S. The average molecular weight is 407 g/mol. The van der Waals surface area contributed by atoms with Crippen LogP contribution in [0.1, 0.15) is 44.0 Å². The maximum Gasteiger partial charge on any atom is 0.308 e. The molecule has 28 heavy (non-hydrogen) atoms. The van der Waals surface area contributed by atoms with E-state index in [1.54, 1.807) is 31.2 Å². The number of rotatable bonds is 7. The van der Waals surface area contributed by atoms with E-state index >= 15 is 0 Å².